The lowest BCUT2D eigenvalue weighted by atomic mass is 10.3. The Balaban J connectivity index is 2.88. The van der Waals surface area contributed by atoms with Gasteiger partial charge in [0.25, 0.3) is 0 Å². The number of aromatic nitrogens is 3. The first-order valence-electron chi connectivity index (χ1n) is 5.56. The number of ether oxygens (including phenoxy) is 1. The Morgan fingerprint density at radius 1 is 1.41 bits per heavy atom. The molecule has 3 N–H and O–H groups in total. The minimum Gasteiger partial charge on any atom is -0.463 e. The fourth-order valence-electron chi connectivity index (χ4n) is 1.10. The lowest BCUT2D eigenvalue weighted by molar-refractivity contribution is 0.267. The van der Waals surface area contributed by atoms with Gasteiger partial charge in [-0.05, 0) is 13.3 Å². The number of aliphatic hydroxyl groups excluding tert-OH is 1. The van der Waals surface area contributed by atoms with Crippen LogP contribution in [0, 0.1) is 0 Å². The van der Waals surface area contributed by atoms with Gasteiger partial charge >= 0.3 is 6.01 Å². The molecule has 1 heterocycles. The molecule has 0 aliphatic heterocycles. The maximum atomic E-state index is 9.07. The van der Waals surface area contributed by atoms with Gasteiger partial charge in [-0.2, -0.15) is 15.0 Å². The van der Waals surface area contributed by atoms with Gasteiger partial charge in [-0.3, -0.25) is 0 Å². The molecule has 0 aliphatic carbocycles. The van der Waals surface area contributed by atoms with Crippen LogP contribution in [0.4, 0.5) is 11.9 Å². The minimum absolute atomic E-state index is 0.00718. The van der Waals surface area contributed by atoms with Crippen LogP contribution in [0.15, 0.2) is 0 Å². The minimum atomic E-state index is -0.101. The average molecular weight is 241 g/mol. The average Bonchev–Trinajstić information content (AvgIpc) is 2.33. The monoisotopic (exact) mass is 241 g/mol. The van der Waals surface area contributed by atoms with Gasteiger partial charge < -0.3 is 20.5 Å². The van der Waals surface area contributed by atoms with E-state index >= 15 is 0 Å². The van der Waals surface area contributed by atoms with E-state index in [9.17, 15) is 0 Å². The molecule has 0 radical (unpaired) electrons. The topological polar surface area (TPSA) is 97.4 Å². The van der Waals surface area contributed by atoms with Crippen molar-refractivity contribution in [2.24, 2.45) is 0 Å². The van der Waals surface area contributed by atoms with Crippen molar-refractivity contribution in [1.82, 2.24) is 15.0 Å². The van der Waals surface area contributed by atoms with E-state index in [1.54, 1.807) is 11.9 Å². The summed E-state index contributed by atoms with van der Waals surface area (Å²) in [4.78, 5) is 13.7. The lowest BCUT2D eigenvalue weighted by Gasteiger charge is -2.23. The number of nitrogen functional groups attached to an aromatic ring is 1. The first kappa shape index (κ1) is 13.4. The normalized spacial score (nSPS) is 12.2. The molecule has 1 aromatic rings. The van der Waals surface area contributed by atoms with Gasteiger partial charge in [-0.25, -0.2) is 0 Å². The predicted octanol–water partition coefficient (Wildman–Crippen LogP) is 0.0596. The van der Waals surface area contributed by atoms with Crippen molar-refractivity contribution in [1.29, 1.82) is 0 Å². The molecule has 0 amide bonds. The molecule has 0 spiro atoms. The first-order chi connectivity index (χ1) is 8.08. The Labute approximate surface area is 101 Å². The number of rotatable bonds is 6. The molecule has 0 saturated heterocycles. The lowest BCUT2D eigenvalue weighted by Crippen LogP contribution is -2.33. The summed E-state index contributed by atoms with van der Waals surface area (Å²) >= 11 is 0. The van der Waals surface area contributed by atoms with Crippen LogP contribution in [-0.2, 0) is 0 Å². The zero-order chi connectivity index (χ0) is 12.8. The molecule has 0 aromatic carbocycles. The van der Waals surface area contributed by atoms with E-state index in [-0.39, 0.29) is 24.6 Å². The first-order valence-corrected chi connectivity index (χ1v) is 5.56. The number of nitrogens with two attached hydrogens (primary N) is 1. The highest BCUT2D eigenvalue weighted by Gasteiger charge is 2.14. The number of hydrogen-bond acceptors (Lipinski definition) is 7. The molecule has 0 aliphatic rings. The molecule has 0 saturated carbocycles. The Morgan fingerprint density at radius 2 is 2.12 bits per heavy atom. The number of anilines is 2. The Morgan fingerprint density at radius 3 is 2.71 bits per heavy atom. The summed E-state index contributed by atoms with van der Waals surface area (Å²) in [5, 5.41) is 9.07. The second kappa shape index (κ2) is 6.19. The smallest absolute Gasteiger partial charge is 0.323 e. The van der Waals surface area contributed by atoms with E-state index in [4.69, 9.17) is 15.6 Å². The Bertz CT molecular complexity index is 361. The summed E-state index contributed by atoms with van der Waals surface area (Å²) in [6, 6.07) is 0.113. The number of likely N-dealkylation sites (N-methyl/N-ethyl adjacent to an activating group) is 1. The highest BCUT2D eigenvalue weighted by atomic mass is 16.5. The van der Waals surface area contributed by atoms with Gasteiger partial charge in [0.05, 0.1) is 19.3 Å². The Hall–Kier alpha value is -1.63. The van der Waals surface area contributed by atoms with E-state index < -0.39 is 0 Å². The highest BCUT2D eigenvalue weighted by Crippen LogP contribution is 2.14. The zero-order valence-corrected chi connectivity index (χ0v) is 10.4. The summed E-state index contributed by atoms with van der Waals surface area (Å²) in [5.74, 6) is 0.503. The van der Waals surface area contributed by atoms with Gasteiger partial charge in [0.2, 0.25) is 11.9 Å². The summed E-state index contributed by atoms with van der Waals surface area (Å²) < 4.78 is 5.31. The largest absolute Gasteiger partial charge is 0.463 e. The fourth-order valence-corrected chi connectivity index (χ4v) is 1.10. The SMILES string of the molecule is CCCOc1nc(N)nc(N(C)C(C)CO)n1. The molecule has 7 nitrogen and oxygen atoms in total. The maximum Gasteiger partial charge on any atom is 0.323 e. The van der Waals surface area contributed by atoms with E-state index in [0.717, 1.165) is 6.42 Å². The van der Waals surface area contributed by atoms with Crippen LogP contribution >= 0.6 is 0 Å². The molecular formula is C10H19N5O2. The van der Waals surface area contributed by atoms with Crippen LogP contribution in [0.1, 0.15) is 20.3 Å². The number of hydrogen-bond donors (Lipinski definition) is 2. The van der Waals surface area contributed by atoms with Crippen LogP contribution in [0.25, 0.3) is 0 Å². The van der Waals surface area contributed by atoms with E-state index in [1.165, 1.54) is 0 Å². The van der Waals surface area contributed by atoms with Crippen molar-refractivity contribution in [3.05, 3.63) is 0 Å². The molecule has 1 atom stereocenters. The third-order valence-electron chi connectivity index (χ3n) is 2.30. The van der Waals surface area contributed by atoms with Crippen LogP contribution in [0.5, 0.6) is 6.01 Å². The van der Waals surface area contributed by atoms with Crippen molar-refractivity contribution >= 4 is 11.9 Å². The van der Waals surface area contributed by atoms with Gasteiger partial charge in [-0.15, -0.1) is 0 Å². The van der Waals surface area contributed by atoms with Gasteiger partial charge in [-0.1, -0.05) is 6.92 Å². The standard InChI is InChI=1S/C10H19N5O2/c1-4-5-17-10-13-8(11)12-9(14-10)15(3)7(2)6-16/h7,16H,4-6H2,1-3H3,(H2,11,12,13,14). The Kier molecular flexibility index (Phi) is 4.89. The molecule has 1 unspecified atom stereocenters. The second-order valence-corrected chi connectivity index (χ2v) is 3.77. The van der Waals surface area contributed by atoms with E-state index in [0.29, 0.717) is 12.6 Å². The molecule has 17 heavy (non-hydrogen) atoms. The number of aliphatic hydroxyl groups is 1. The van der Waals surface area contributed by atoms with Crippen molar-refractivity contribution < 1.29 is 9.84 Å². The van der Waals surface area contributed by atoms with Crippen LogP contribution in [0.3, 0.4) is 0 Å². The molecule has 0 fully saturated rings. The quantitative estimate of drug-likeness (QED) is 0.726. The van der Waals surface area contributed by atoms with E-state index in [2.05, 4.69) is 15.0 Å². The molecule has 7 heteroatoms. The third-order valence-corrected chi connectivity index (χ3v) is 2.30. The fraction of sp³-hybridized carbons (Fsp3) is 0.700. The molecule has 0 bridgehead atoms. The predicted molar refractivity (Wildman–Crippen MR) is 65.0 cm³/mol. The third kappa shape index (κ3) is 3.70. The second-order valence-electron chi connectivity index (χ2n) is 3.77. The molecule has 96 valence electrons. The van der Waals surface area contributed by atoms with Crippen LogP contribution in [0.2, 0.25) is 0 Å². The van der Waals surface area contributed by atoms with E-state index in [1.807, 2.05) is 13.8 Å². The molecular weight excluding hydrogens is 222 g/mol. The highest BCUT2D eigenvalue weighted by molar-refractivity contribution is 5.35. The van der Waals surface area contributed by atoms with Crippen molar-refractivity contribution in [2.45, 2.75) is 26.3 Å². The molecule has 1 aromatic heterocycles. The van der Waals surface area contributed by atoms with Crippen LogP contribution < -0.4 is 15.4 Å². The number of nitrogens with zero attached hydrogens (tertiary/aromatic N) is 4. The molecule has 1 rings (SSSR count). The summed E-state index contributed by atoms with van der Waals surface area (Å²) in [6.07, 6.45) is 0.865. The van der Waals surface area contributed by atoms with Gasteiger partial charge in [0.15, 0.2) is 0 Å². The zero-order valence-electron chi connectivity index (χ0n) is 10.4. The van der Waals surface area contributed by atoms with Crippen molar-refractivity contribution in [3.63, 3.8) is 0 Å². The summed E-state index contributed by atoms with van der Waals surface area (Å²) in [7, 11) is 1.78. The van der Waals surface area contributed by atoms with Crippen molar-refractivity contribution in [2.75, 3.05) is 30.9 Å². The maximum absolute atomic E-state index is 9.07. The summed E-state index contributed by atoms with van der Waals surface area (Å²) in [5.41, 5.74) is 5.58. The van der Waals surface area contributed by atoms with Gasteiger partial charge in [0, 0.05) is 7.05 Å². The summed E-state index contributed by atoms with van der Waals surface area (Å²) in [6.45, 7) is 4.38. The van der Waals surface area contributed by atoms with Gasteiger partial charge in [0.1, 0.15) is 0 Å². The van der Waals surface area contributed by atoms with Crippen LogP contribution in [-0.4, -0.2) is 46.4 Å². The van der Waals surface area contributed by atoms with Crippen molar-refractivity contribution in [3.8, 4) is 6.01 Å².